The zero-order chi connectivity index (χ0) is 15.6. The predicted molar refractivity (Wildman–Crippen MR) is 72.1 cm³/mol. The van der Waals surface area contributed by atoms with Crippen molar-refractivity contribution in [3.05, 3.63) is 69.3 Å². The van der Waals surface area contributed by atoms with Crippen molar-refractivity contribution in [3.63, 3.8) is 0 Å². The average Bonchev–Trinajstić information content (AvgIpc) is 2.42. The molecule has 0 fully saturated rings. The fraction of sp³-hybridized carbons (Fsp3) is 0.0714. The summed E-state index contributed by atoms with van der Waals surface area (Å²) in [4.78, 5) is 21.8. The molecule has 0 saturated carbocycles. The normalized spacial score (nSPS) is 10.2. The van der Waals surface area contributed by atoms with Gasteiger partial charge in [0.2, 0.25) is 0 Å². The number of rotatable bonds is 3. The highest BCUT2D eigenvalue weighted by Gasteiger charge is 2.18. The molecule has 7 heteroatoms. The molecule has 1 amide bonds. The highest BCUT2D eigenvalue weighted by Crippen LogP contribution is 2.20. The molecule has 108 valence electrons. The number of hydrogen-bond acceptors (Lipinski definition) is 3. The molecule has 0 unspecified atom stereocenters. The fourth-order valence-electron chi connectivity index (χ4n) is 1.71. The first kappa shape index (κ1) is 14.6. The van der Waals surface area contributed by atoms with E-state index in [0.717, 1.165) is 18.2 Å². The van der Waals surface area contributed by atoms with Crippen LogP contribution < -0.4 is 5.32 Å². The number of non-ortho nitro benzene ring substituents is 1. The Hall–Kier alpha value is -2.83. The molecule has 0 radical (unpaired) electrons. The minimum atomic E-state index is -0.959. The number of nitrogens with one attached hydrogen (secondary N) is 1. The van der Waals surface area contributed by atoms with Gasteiger partial charge in [0.25, 0.3) is 11.6 Å². The van der Waals surface area contributed by atoms with Gasteiger partial charge in [-0.3, -0.25) is 14.9 Å². The minimum absolute atomic E-state index is 0.128. The summed E-state index contributed by atoms with van der Waals surface area (Å²) in [7, 11) is 0. The van der Waals surface area contributed by atoms with Gasteiger partial charge in [-0.25, -0.2) is 8.78 Å². The Morgan fingerprint density at radius 3 is 2.48 bits per heavy atom. The number of nitro groups is 1. The van der Waals surface area contributed by atoms with E-state index in [1.165, 1.54) is 12.1 Å². The van der Waals surface area contributed by atoms with Crippen molar-refractivity contribution in [1.29, 1.82) is 0 Å². The summed E-state index contributed by atoms with van der Waals surface area (Å²) in [6.45, 7) is 1.68. The Bertz CT molecular complexity index is 732. The fourth-order valence-corrected chi connectivity index (χ4v) is 1.71. The first-order valence-electron chi connectivity index (χ1n) is 5.90. The van der Waals surface area contributed by atoms with Gasteiger partial charge in [0.05, 0.1) is 16.2 Å². The topological polar surface area (TPSA) is 72.2 Å². The van der Waals surface area contributed by atoms with Gasteiger partial charge in [0, 0.05) is 12.1 Å². The highest BCUT2D eigenvalue weighted by molar-refractivity contribution is 6.04. The van der Waals surface area contributed by atoms with Gasteiger partial charge >= 0.3 is 0 Å². The first-order chi connectivity index (χ1) is 9.88. The molecule has 0 heterocycles. The predicted octanol–water partition coefficient (Wildman–Crippen LogP) is 3.43. The molecule has 0 atom stereocenters. The van der Waals surface area contributed by atoms with Gasteiger partial charge in [-0.15, -0.1) is 0 Å². The second kappa shape index (κ2) is 5.66. The van der Waals surface area contributed by atoms with Crippen molar-refractivity contribution in [2.24, 2.45) is 0 Å². The second-order valence-corrected chi connectivity index (χ2v) is 4.36. The summed E-state index contributed by atoms with van der Waals surface area (Å²) in [5, 5.41) is 12.8. The van der Waals surface area contributed by atoms with Crippen molar-refractivity contribution >= 4 is 17.3 Å². The lowest BCUT2D eigenvalue weighted by molar-refractivity contribution is -0.384. The zero-order valence-corrected chi connectivity index (χ0v) is 10.9. The molecule has 0 bridgehead atoms. The maximum absolute atomic E-state index is 13.6. The number of nitro benzene ring substituents is 1. The van der Waals surface area contributed by atoms with E-state index in [-0.39, 0.29) is 5.69 Å². The van der Waals surface area contributed by atoms with Crippen molar-refractivity contribution in [2.75, 3.05) is 5.32 Å². The number of benzene rings is 2. The van der Waals surface area contributed by atoms with Crippen LogP contribution in [0.5, 0.6) is 0 Å². The Morgan fingerprint density at radius 1 is 1.14 bits per heavy atom. The van der Waals surface area contributed by atoms with E-state index < -0.39 is 33.7 Å². The maximum Gasteiger partial charge on any atom is 0.270 e. The first-order valence-corrected chi connectivity index (χ1v) is 5.90. The van der Waals surface area contributed by atoms with Crippen LogP contribution in [0, 0.1) is 28.7 Å². The monoisotopic (exact) mass is 292 g/mol. The number of carbonyl (C=O) groups excluding carboxylic acids is 1. The lowest BCUT2D eigenvalue weighted by atomic mass is 10.1. The Balaban J connectivity index is 2.32. The Labute approximate surface area is 118 Å². The van der Waals surface area contributed by atoms with Gasteiger partial charge in [0.1, 0.15) is 11.6 Å². The molecular weight excluding hydrogens is 282 g/mol. The van der Waals surface area contributed by atoms with Crippen LogP contribution in [0.2, 0.25) is 0 Å². The average molecular weight is 292 g/mol. The van der Waals surface area contributed by atoms with Gasteiger partial charge in [-0.05, 0) is 30.7 Å². The molecule has 0 spiro atoms. The van der Waals surface area contributed by atoms with Gasteiger partial charge in [-0.1, -0.05) is 6.07 Å². The summed E-state index contributed by atoms with van der Waals surface area (Å²) in [5.41, 5.74) is -0.418. The van der Waals surface area contributed by atoms with E-state index >= 15 is 0 Å². The van der Waals surface area contributed by atoms with Gasteiger partial charge < -0.3 is 5.32 Å². The van der Waals surface area contributed by atoms with Gasteiger partial charge in [0.15, 0.2) is 0 Å². The number of anilines is 1. The van der Waals surface area contributed by atoms with Crippen LogP contribution in [0.3, 0.4) is 0 Å². The minimum Gasteiger partial charge on any atom is -0.319 e. The highest BCUT2D eigenvalue weighted by atomic mass is 19.1. The maximum atomic E-state index is 13.6. The van der Waals surface area contributed by atoms with E-state index in [1.807, 2.05) is 0 Å². The largest absolute Gasteiger partial charge is 0.319 e. The molecule has 2 aromatic rings. The molecule has 0 saturated heterocycles. The summed E-state index contributed by atoms with van der Waals surface area (Å²) < 4.78 is 27.2. The van der Waals surface area contributed by atoms with Crippen LogP contribution in [0.25, 0.3) is 0 Å². The number of amides is 1. The van der Waals surface area contributed by atoms with Gasteiger partial charge in [-0.2, -0.15) is 0 Å². The van der Waals surface area contributed by atoms with Crippen LogP contribution in [0.15, 0.2) is 36.4 Å². The second-order valence-electron chi connectivity index (χ2n) is 4.36. The molecule has 1 N–H and O–H groups in total. The molecule has 5 nitrogen and oxygen atoms in total. The number of aryl methyl sites for hydroxylation is 1. The smallest absolute Gasteiger partial charge is 0.270 e. The summed E-state index contributed by atoms with van der Waals surface area (Å²) >= 11 is 0. The summed E-state index contributed by atoms with van der Waals surface area (Å²) in [5.74, 6) is -2.56. The lowest BCUT2D eigenvalue weighted by Crippen LogP contribution is -2.15. The van der Waals surface area contributed by atoms with E-state index in [0.29, 0.717) is 5.56 Å². The molecule has 0 aliphatic carbocycles. The van der Waals surface area contributed by atoms with Crippen molar-refractivity contribution in [1.82, 2.24) is 0 Å². The van der Waals surface area contributed by atoms with Crippen molar-refractivity contribution < 1.29 is 18.5 Å². The Kier molecular flexibility index (Phi) is 3.93. The third kappa shape index (κ3) is 3.19. The third-order valence-electron chi connectivity index (χ3n) is 2.78. The van der Waals surface area contributed by atoms with Crippen LogP contribution in [0.4, 0.5) is 20.2 Å². The molecule has 0 aromatic heterocycles. The standard InChI is InChI=1S/C14H10F2N2O3/c1-8-2-5-13(12(16)6-8)17-14(19)10-7-9(18(20)21)3-4-11(10)15/h2-7H,1H3,(H,17,19). The quantitative estimate of drug-likeness (QED) is 0.695. The van der Waals surface area contributed by atoms with Crippen LogP contribution >= 0.6 is 0 Å². The number of carbonyl (C=O) groups is 1. The molecular formula is C14H10F2N2O3. The lowest BCUT2D eigenvalue weighted by Gasteiger charge is -2.07. The van der Waals surface area contributed by atoms with Crippen molar-refractivity contribution in [3.8, 4) is 0 Å². The molecule has 0 aliphatic rings. The van der Waals surface area contributed by atoms with Crippen LogP contribution in [0.1, 0.15) is 15.9 Å². The van der Waals surface area contributed by atoms with Crippen molar-refractivity contribution in [2.45, 2.75) is 6.92 Å². The van der Waals surface area contributed by atoms with E-state index in [4.69, 9.17) is 0 Å². The SMILES string of the molecule is Cc1ccc(NC(=O)c2cc([N+](=O)[O-])ccc2F)c(F)c1. The molecule has 2 aromatic carbocycles. The number of halogens is 2. The number of hydrogen-bond donors (Lipinski definition) is 1. The summed E-state index contributed by atoms with van der Waals surface area (Å²) in [6.07, 6.45) is 0. The van der Waals surface area contributed by atoms with E-state index in [1.54, 1.807) is 13.0 Å². The van der Waals surface area contributed by atoms with Crippen LogP contribution in [-0.2, 0) is 0 Å². The van der Waals surface area contributed by atoms with E-state index in [2.05, 4.69) is 5.32 Å². The van der Waals surface area contributed by atoms with E-state index in [9.17, 15) is 23.7 Å². The molecule has 0 aliphatic heterocycles. The Morgan fingerprint density at radius 2 is 1.86 bits per heavy atom. The third-order valence-corrected chi connectivity index (χ3v) is 2.78. The summed E-state index contributed by atoms with van der Waals surface area (Å²) in [6, 6.07) is 6.67. The molecule has 21 heavy (non-hydrogen) atoms. The number of nitrogens with zero attached hydrogens (tertiary/aromatic N) is 1. The molecule has 2 rings (SSSR count). The van der Waals surface area contributed by atoms with Crippen LogP contribution in [-0.4, -0.2) is 10.8 Å². The zero-order valence-electron chi connectivity index (χ0n) is 10.9.